The smallest absolute Gasteiger partial charge is 0.318 e. The van der Waals surface area contributed by atoms with Gasteiger partial charge in [0.2, 0.25) is 10.0 Å². The first-order valence-electron chi connectivity index (χ1n) is 11.6. The molecule has 1 aromatic heterocycles. The Kier molecular flexibility index (Phi) is 7.94. The Morgan fingerprint density at radius 3 is 2.53 bits per heavy atom. The molecule has 32 heavy (non-hydrogen) atoms. The van der Waals surface area contributed by atoms with E-state index in [1.165, 1.54) is 51.7 Å². The maximum atomic E-state index is 12.2. The summed E-state index contributed by atoms with van der Waals surface area (Å²) in [5, 5.41) is 0. The Balaban J connectivity index is 1.20. The quantitative estimate of drug-likeness (QED) is 0.546. The number of benzene rings is 1. The number of hydrogen-bond acceptors (Lipinski definition) is 7. The van der Waals surface area contributed by atoms with E-state index in [1.807, 2.05) is 6.07 Å². The lowest BCUT2D eigenvalue weighted by Gasteiger charge is -2.33. The highest BCUT2D eigenvalue weighted by Crippen LogP contribution is 2.25. The number of aromatic nitrogens is 2. The third-order valence-electron chi connectivity index (χ3n) is 6.29. The summed E-state index contributed by atoms with van der Waals surface area (Å²) in [5.41, 5.74) is 0. The van der Waals surface area contributed by atoms with Crippen LogP contribution in [0.25, 0.3) is 0 Å². The second kappa shape index (κ2) is 11.1. The molecule has 9 heteroatoms. The summed E-state index contributed by atoms with van der Waals surface area (Å²) in [6.45, 7) is 6.09. The second-order valence-corrected chi connectivity index (χ2v) is 10.3. The number of nitrogens with zero attached hydrogens (tertiary/aromatic N) is 4. The van der Waals surface area contributed by atoms with Crippen LogP contribution in [-0.4, -0.2) is 69.2 Å². The molecule has 8 nitrogen and oxygen atoms in total. The third-order valence-corrected chi connectivity index (χ3v) is 7.77. The zero-order chi connectivity index (χ0) is 22.2. The van der Waals surface area contributed by atoms with Crippen LogP contribution in [0.4, 0.5) is 5.82 Å². The van der Waals surface area contributed by atoms with Crippen LogP contribution in [0.5, 0.6) is 6.01 Å². The molecule has 0 amide bonds. The van der Waals surface area contributed by atoms with Gasteiger partial charge in [-0.25, -0.2) is 18.1 Å². The first kappa shape index (κ1) is 22.9. The summed E-state index contributed by atoms with van der Waals surface area (Å²) in [7, 11) is -3.54. The molecule has 3 heterocycles. The van der Waals surface area contributed by atoms with E-state index in [0.717, 1.165) is 24.8 Å². The van der Waals surface area contributed by atoms with Crippen molar-refractivity contribution in [2.45, 2.75) is 37.0 Å². The molecule has 0 spiro atoms. The number of hydrogen-bond donors (Lipinski definition) is 1. The van der Waals surface area contributed by atoms with E-state index in [4.69, 9.17) is 4.74 Å². The SMILES string of the molecule is O=S(=O)(NCCOc1nccc(N2CCC(CCN3CCCC3)CC2)n1)c1ccccc1. The Hall–Kier alpha value is -2.23. The van der Waals surface area contributed by atoms with Gasteiger partial charge in [-0.1, -0.05) is 18.2 Å². The van der Waals surface area contributed by atoms with E-state index in [1.54, 1.807) is 36.5 Å². The van der Waals surface area contributed by atoms with Gasteiger partial charge in [0, 0.05) is 25.8 Å². The van der Waals surface area contributed by atoms with Crippen LogP contribution in [-0.2, 0) is 10.0 Å². The van der Waals surface area contributed by atoms with Gasteiger partial charge in [0.15, 0.2) is 0 Å². The Morgan fingerprint density at radius 2 is 1.78 bits per heavy atom. The highest BCUT2D eigenvalue weighted by molar-refractivity contribution is 7.89. The molecule has 4 rings (SSSR count). The number of ether oxygens (including phenoxy) is 1. The standard InChI is InChI=1S/C23H33N5O3S/c29-32(30,21-6-2-1-3-7-21)25-13-19-31-23-24-12-8-22(26-23)28-17-10-20(11-18-28)9-16-27-14-4-5-15-27/h1-3,6-8,12,20,25H,4-5,9-11,13-19H2. The Morgan fingerprint density at radius 1 is 1.03 bits per heavy atom. The summed E-state index contributed by atoms with van der Waals surface area (Å²) in [5.74, 6) is 1.67. The first-order valence-corrected chi connectivity index (χ1v) is 13.1. The maximum absolute atomic E-state index is 12.2. The van der Waals surface area contributed by atoms with Crippen molar-refractivity contribution in [3.05, 3.63) is 42.6 Å². The number of piperidine rings is 1. The molecule has 2 aromatic rings. The predicted molar refractivity (Wildman–Crippen MR) is 124 cm³/mol. The molecule has 0 unspecified atom stereocenters. The van der Waals surface area contributed by atoms with Crippen LogP contribution in [0.15, 0.2) is 47.5 Å². The van der Waals surface area contributed by atoms with E-state index in [2.05, 4.69) is 24.5 Å². The minimum absolute atomic E-state index is 0.146. The van der Waals surface area contributed by atoms with Gasteiger partial charge in [-0.05, 0) is 75.9 Å². The number of nitrogens with one attached hydrogen (secondary N) is 1. The summed E-state index contributed by atoms with van der Waals surface area (Å²) in [4.78, 5) is 13.8. The normalized spacial score (nSPS) is 18.2. The first-order chi connectivity index (χ1) is 15.6. The van der Waals surface area contributed by atoms with Crippen molar-refractivity contribution in [3.8, 4) is 6.01 Å². The summed E-state index contributed by atoms with van der Waals surface area (Å²) in [6, 6.07) is 10.5. The molecule has 174 valence electrons. The van der Waals surface area contributed by atoms with Crippen molar-refractivity contribution in [1.29, 1.82) is 0 Å². The lowest BCUT2D eigenvalue weighted by molar-refractivity contribution is 0.279. The van der Waals surface area contributed by atoms with Crippen molar-refractivity contribution in [2.24, 2.45) is 5.92 Å². The average Bonchev–Trinajstić information content (AvgIpc) is 3.35. The Labute approximate surface area is 191 Å². The minimum atomic E-state index is -3.54. The zero-order valence-electron chi connectivity index (χ0n) is 18.5. The average molecular weight is 460 g/mol. The van der Waals surface area contributed by atoms with E-state index >= 15 is 0 Å². The molecule has 0 radical (unpaired) electrons. The van der Waals surface area contributed by atoms with Gasteiger partial charge >= 0.3 is 6.01 Å². The van der Waals surface area contributed by atoms with Crippen LogP contribution in [0.2, 0.25) is 0 Å². The molecule has 2 fully saturated rings. The summed E-state index contributed by atoms with van der Waals surface area (Å²) < 4.78 is 32.6. The van der Waals surface area contributed by atoms with Crippen molar-refractivity contribution >= 4 is 15.8 Å². The molecule has 0 atom stereocenters. The molecule has 2 aliphatic heterocycles. The van der Waals surface area contributed by atoms with Gasteiger partial charge in [-0.15, -0.1) is 0 Å². The maximum Gasteiger partial charge on any atom is 0.318 e. The van der Waals surface area contributed by atoms with Crippen LogP contribution < -0.4 is 14.4 Å². The van der Waals surface area contributed by atoms with Gasteiger partial charge in [0.05, 0.1) is 4.90 Å². The van der Waals surface area contributed by atoms with Gasteiger partial charge in [-0.2, -0.15) is 4.98 Å². The fourth-order valence-corrected chi connectivity index (χ4v) is 5.44. The van der Waals surface area contributed by atoms with Crippen molar-refractivity contribution in [1.82, 2.24) is 19.6 Å². The van der Waals surface area contributed by atoms with Crippen molar-refractivity contribution in [2.75, 3.05) is 50.8 Å². The van der Waals surface area contributed by atoms with E-state index < -0.39 is 10.0 Å². The minimum Gasteiger partial charge on any atom is -0.462 e. The molecule has 1 N–H and O–H groups in total. The fourth-order valence-electron chi connectivity index (χ4n) is 4.40. The zero-order valence-corrected chi connectivity index (χ0v) is 19.3. The second-order valence-electron chi connectivity index (χ2n) is 8.52. The molecule has 1 aromatic carbocycles. The number of rotatable bonds is 10. The molecular formula is C23H33N5O3S. The number of likely N-dealkylation sites (tertiary alicyclic amines) is 1. The lowest BCUT2D eigenvalue weighted by atomic mass is 9.93. The van der Waals surface area contributed by atoms with Crippen LogP contribution in [0.3, 0.4) is 0 Å². The van der Waals surface area contributed by atoms with Crippen molar-refractivity contribution in [3.63, 3.8) is 0 Å². The Bertz CT molecular complexity index is 943. The van der Waals surface area contributed by atoms with Crippen molar-refractivity contribution < 1.29 is 13.2 Å². The topological polar surface area (TPSA) is 87.7 Å². The van der Waals surface area contributed by atoms with E-state index in [0.29, 0.717) is 0 Å². The number of anilines is 1. The predicted octanol–water partition coefficient (Wildman–Crippen LogP) is 2.54. The van der Waals surface area contributed by atoms with Crippen LogP contribution in [0.1, 0.15) is 32.1 Å². The van der Waals surface area contributed by atoms with Gasteiger partial charge in [0.25, 0.3) is 0 Å². The number of sulfonamides is 1. The van der Waals surface area contributed by atoms with E-state index in [9.17, 15) is 8.42 Å². The highest BCUT2D eigenvalue weighted by Gasteiger charge is 2.22. The molecular weight excluding hydrogens is 426 g/mol. The van der Waals surface area contributed by atoms with Gasteiger partial charge in [-0.3, -0.25) is 0 Å². The van der Waals surface area contributed by atoms with Crippen LogP contribution in [0, 0.1) is 5.92 Å². The van der Waals surface area contributed by atoms with Gasteiger partial charge < -0.3 is 14.5 Å². The fraction of sp³-hybridized carbons (Fsp3) is 0.565. The molecule has 0 bridgehead atoms. The van der Waals surface area contributed by atoms with Crippen LogP contribution >= 0.6 is 0 Å². The van der Waals surface area contributed by atoms with E-state index in [-0.39, 0.29) is 24.1 Å². The molecule has 0 saturated carbocycles. The molecule has 2 saturated heterocycles. The summed E-state index contributed by atoms with van der Waals surface area (Å²) in [6.07, 6.45) is 8.09. The largest absolute Gasteiger partial charge is 0.462 e. The summed E-state index contributed by atoms with van der Waals surface area (Å²) >= 11 is 0. The highest BCUT2D eigenvalue weighted by atomic mass is 32.2. The lowest BCUT2D eigenvalue weighted by Crippen LogP contribution is -2.35. The molecule has 0 aliphatic carbocycles. The molecule has 2 aliphatic rings. The van der Waals surface area contributed by atoms with Gasteiger partial charge in [0.1, 0.15) is 12.4 Å². The monoisotopic (exact) mass is 459 g/mol. The third kappa shape index (κ3) is 6.40.